The van der Waals surface area contributed by atoms with Crippen molar-refractivity contribution in [3.05, 3.63) is 12.2 Å². The molecule has 0 saturated heterocycles. The predicted octanol–water partition coefficient (Wildman–Crippen LogP) is 6.07. The molecule has 0 N–H and O–H groups in total. The minimum absolute atomic E-state index is 0.252. The lowest BCUT2D eigenvalue weighted by Crippen LogP contribution is -2.14. The number of esters is 2. The van der Waals surface area contributed by atoms with E-state index in [0.29, 0.717) is 0 Å². The van der Waals surface area contributed by atoms with Crippen LogP contribution in [0.2, 0.25) is 0 Å². The second-order valence-corrected chi connectivity index (χ2v) is 7.06. The van der Waals surface area contributed by atoms with Crippen LogP contribution in [0.15, 0.2) is 12.2 Å². The van der Waals surface area contributed by atoms with Gasteiger partial charge in [-0.05, 0) is 39.0 Å². The normalized spacial score (nSPS) is 11.0. The second kappa shape index (κ2) is 18.3. The summed E-state index contributed by atoms with van der Waals surface area (Å²) in [6.07, 6.45) is 20.1. The highest BCUT2D eigenvalue weighted by atomic mass is 16.6. The zero-order chi connectivity index (χ0) is 19.5. The zero-order valence-electron chi connectivity index (χ0n) is 16.9. The molecule has 4 nitrogen and oxygen atoms in total. The Bertz CT molecular complexity index is 412. The molecule has 0 aromatic rings. The van der Waals surface area contributed by atoms with Gasteiger partial charge in [-0.25, -0.2) is 0 Å². The number of carbonyl (C=O) groups excluding carboxylic acids is 3. The number of allylic oxidation sites excluding steroid dienone is 2. The fraction of sp³-hybridized carbons (Fsp3) is 0.773. The summed E-state index contributed by atoms with van der Waals surface area (Å²) in [4.78, 5) is 33.3. The van der Waals surface area contributed by atoms with Crippen LogP contribution >= 0.6 is 0 Å². The number of ketones is 1. The van der Waals surface area contributed by atoms with E-state index in [1.807, 2.05) is 0 Å². The second-order valence-electron chi connectivity index (χ2n) is 7.06. The highest BCUT2D eigenvalue weighted by molar-refractivity contribution is 5.98. The van der Waals surface area contributed by atoms with E-state index in [1.165, 1.54) is 64.7 Å². The number of unbranched alkanes of at least 4 members (excludes halogenated alkanes) is 11. The fourth-order valence-electron chi connectivity index (χ4n) is 2.76. The highest BCUT2D eigenvalue weighted by Crippen LogP contribution is 2.10. The highest BCUT2D eigenvalue weighted by Gasteiger charge is 2.11. The van der Waals surface area contributed by atoms with Crippen molar-refractivity contribution in [3.63, 3.8) is 0 Å². The lowest BCUT2D eigenvalue weighted by Gasteiger charge is -2.02. The van der Waals surface area contributed by atoms with E-state index < -0.39 is 11.9 Å². The number of rotatable bonds is 17. The smallest absolute Gasteiger partial charge is 0.320 e. The molecule has 0 spiro atoms. The van der Waals surface area contributed by atoms with Crippen LogP contribution in [-0.2, 0) is 19.1 Å². The first-order valence-corrected chi connectivity index (χ1v) is 10.4. The molecule has 0 aromatic heterocycles. The molecule has 0 radical (unpaired) electrons. The maximum atomic E-state index is 11.4. The number of hydrogen-bond donors (Lipinski definition) is 0. The van der Waals surface area contributed by atoms with Crippen LogP contribution in [0.3, 0.4) is 0 Å². The summed E-state index contributed by atoms with van der Waals surface area (Å²) in [6.45, 7) is 3.55. The standard InChI is InChI=1S/C22H38O4/c1-3-4-5-6-7-8-9-10-11-12-13-14-15-16-17-18-21(24)26-22(25)19-20(2)23/h10-11H,3-9,12-19H2,1-2H3. The van der Waals surface area contributed by atoms with Gasteiger partial charge in [0.05, 0.1) is 0 Å². The molecule has 0 aliphatic heterocycles. The van der Waals surface area contributed by atoms with Gasteiger partial charge in [0.15, 0.2) is 0 Å². The van der Waals surface area contributed by atoms with E-state index in [1.54, 1.807) is 0 Å². The summed E-state index contributed by atoms with van der Waals surface area (Å²) < 4.78 is 4.57. The van der Waals surface area contributed by atoms with Crippen LogP contribution in [0.5, 0.6) is 0 Å². The van der Waals surface area contributed by atoms with Gasteiger partial charge in [0.25, 0.3) is 0 Å². The summed E-state index contributed by atoms with van der Waals surface area (Å²) in [5.74, 6) is -1.55. The average Bonchev–Trinajstić information content (AvgIpc) is 2.57. The third-order valence-corrected chi connectivity index (χ3v) is 4.26. The van der Waals surface area contributed by atoms with Crippen LogP contribution in [0.25, 0.3) is 0 Å². The Kier molecular flexibility index (Phi) is 17.3. The van der Waals surface area contributed by atoms with Gasteiger partial charge in [0.1, 0.15) is 12.2 Å². The van der Waals surface area contributed by atoms with Gasteiger partial charge in [-0.2, -0.15) is 0 Å². The molecule has 0 rings (SSSR count). The van der Waals surface area contributed by atoms with Gasteiger partial charge in [-0.1, -0.05) is 70.4 Å². The van der Waals surface area contributed by atoms with Crippen LogP contribution in [-0.4, -0.2) is 17.7 Å². The van der Waals surface area contributed by atoms with Crippen LogP contribution in [0.1, 0.15) is 110 Å². The molecule has 0 fully saturated rings. The SMILES string of the molecule is CCCCCCCCC=CCCCCCCCC(=O)OC(=O)CC(C)=O. The molecule has 0 aliphatic carbocycles. The Hall–Kier alpha value is -1.45. The minimum atomic E-state index is -0.741. The van der Waals surface area contributed by atoms with Crippen molar-refractivity contribution in [2.45, 2.75) is 110 Å². The molecular weight excluding hydrogens is 328 g/mol. The van der Waals surface area contributed by atoms with Gasteiger partial charge >= 0.3 is 11.9 Å². The molecular formula is C22H38O4. The topological polar surface area (TPSA) is 60.4 Å². The summed E-state index contributed by atoms with van der Waals surface area (Å²) in [6, 6.07) is 0. The van der Waals surface area contributed by atoms with Gasteiger partial charge < -0.3 is 4.74 Å². The van der Waals surface area contributed by atoms with Gasteiger partial charge in [-0.15, -0.1) is 0 Å². The Morgan fingerprint density at radius 2 is 1.19 bits per heavy atom. The Labute approximate surface area is 159 Å². The summed E-state index contributed by atoms with van der Waals surface area (Å²) in [7, 11) is 0. The van der Waals surface area contributed by atoms with Crippen LogP contribution in [0.4, 0.5) is 0 Å². The molecule has 0 amide bonds. The quantitative estimate of drug-likeness (QED) is 0.136. The van der Waals surface area contributed by atoms with E-state index in [0.717, 1.165) is 25.7 Å². The van der Waals surface area contributed by atoms with E-state index in [4.69, 9.17) is 0 Å². The molecule has 0 atom stereocenters. The molecule has 0 bridgehead atoms. The molecule has 0 unspecified atom stereocenters. The van der Waals surface area contributed by atoms with Crippen molar-refractivity contribution in [2.75, 3.05) is 0 Å². The van der Waals surface area contributed by atoms with E-state index in [9.17, 15) is 14.4 Å². The first-order valence-electron chi connectivity index (χ1n) is 10.4. The van der Waals surface area contributed by atoms with Gasteiger partial charge in [0, 0.05) is 6.42 Å². The molecule has 0 aliphatic rings. The minimum Gasteiger partial charge on any atom is -0.393 e. The number of Topliss-reactive ketones (excluding diaryl/α,β-unsaturated/α-hetero) is 1. The first-order chi connectivity index (χ1) is 12.6. The maximum Gasteiger partial charge on any atom is 0.320 e. The van der Waals surface area contributed by atoms with Crippen molar-refractivity contribution >= 4 is 17.7 Å². The lowest BCUT2D eigenvalue weighted by atomic mass is 10.1. The van der Waals surface area contributed by atoms with E-state index in [-0.39, 0.29) is 18.6 Å². The predicted molar refractivity (Wildman–Crippen MR) is 106 cm³/mol. The average molecular weight is 367 g/mol. The van der Waals surface area contributed by atoms with E-state index >= 15 is 0 Å². The first kappa shape index (κ1) is 24.6. The monoisotopic (exact) mass is 366 g/mol. The summed E-state index contributed by atoms with van der Waals surface area (Å²) >= 11 is 0. The van der Waals surface area contributed by atoms with Gasteiger partial charge in [-0.3, -0.25) is 14.4 Å². The Morgan fingerprint density at radius 3 is 1.73 bits per heavy atom. The zero-order valence-corrected chi connectivity index (χ0v) is 16.9. The van der Waals surface area contributed by atoms with Crippen molar-refractivity contribution in [2.24, 2.45) is 0 Å². The summed E-state index contributed by atoms with van der Waals surface area (Å²) in [5.41, 5.74) is 0. The number of carbonyl (C=O) groups is 3. The van der Waals surface area contributed by atoms with Crippen LogP contribution in [0, 0.1) is 0 Å². The third kappa shape index (κ3) is 18.9. The largest absolute Gasteiger partial charge is 0.393 e. The maximum absolute atomic E-state index is 11.4. The molecule has 26 heavy (non-hydrogen) atoms. The molecule has 4 heteroatoms. The summed E-state index contributed by atoms with van der Waals surface area (Å²) in [5, 5.41) is 0. The molecule has 0 saturated carbocycles. The molecule has 0 aromatic carbocycles. The fourth-order valence-corrected chi connectivity index (χ4v) is 2.76. The van der Waals surface area contributed by atoms with Crippen molar-refractivity contribution in [1.82, 2.24) is 0 Å². The van der Waals surface area contributed by atoms with Crippen molar-refractivity contribution < 1.29 is 19.1 Å². The van der Waals surface area contributed by atoms with Crippen LogP contribution < -0.4 is 0 Å². The molecule has 0 heterocycles. The lowest BCUT2D eigenvalue weighted by molar-refractivity contribution is -0.160. The van der Waals surface area contributed by atoms with Crippen molar-refractivity contribution in [1.29, 1.82) is 0 Å². The molecule has 150 valence electrons. The Balaban J connectivity index is 3.32. The van der Waals surface area contributed by atoms with E-state index in [2.05, 4.69) is 23.8 Å². The van der Waals surface area contributed by atoms with Gasteiger partial charge in [0.2, 0.25) is 0 Å². The number of ether oxygens (including phenoxy) is 1. The van der Waals surface area contributed by atoms with Crippen molar-refractivity contribution in [3.8, 4) is 0 Å². The number of hydrogen-bond acceptors (Lipinski definition) is 4. The third-order valence-electron chi connectivity index (χ3n) is 4.26. The Morgan fingerprint density at radius 1 is 0.692 bits per heavy atom.